The number of ether oxygens (including phenoxy) is 1. The molecule has 186 valence electrons. The maximum atomic E-state index is 12.5. The van der Waals surface area contributed by atoms with E-state index >= 15 is 0 Å². The maximum absolute atomic E-state index is 12.5. The van der Waals surface area contributed by atoms with Gasteiger partial charge in [-0.15, -0.1) is 12.4 Å². The fraction of sp³-hybridized carbons (Fsp3) is 0.345. The van der Waals surface area contributed by atoms with Crippen LogP contribution in [-0.4, -0.2) is 41.5 Å². The molecule has 0 amide bonds. The Kier molecular flexibility index (Phi) is 5.74. The predicted octanol–water partition coefficient (Wildman–Crippen LogP) is 5.95. The number of phenols is 1. The highest BCUT2D eigenvalue weighted by molar-refractivity contribution is 7.99. The molecule has 3 heterocycles. The number of likely N-dealkylation sites (N-methyl/N-ethyl adjacent to an activating group) is 1. The van der Waals surface area contributed by atoms with Crippen molar-refractivity contribution < 1.29 is 14.6 Å². The number of anilines is 2. The first-order valence-corrected chi connectivity index (χ1v) is 13.3. The van der Waals surface area contributed by atoms with Gasteiger partial charge in [0.05, 0.1) is 11.4 Å². The van der Waals surface area contributed by atoms with Gasteiger partial charge in [-0.1, -0.05) is 42.1 Å². The van der Waals surface area contributed by atoms with E-state index in [2.05, 4.69) is 65.8 Å². The molecular weight excluding hydrogens is 492 g/mol. The first-order chi connectivity index (χ1) is 17.1. The number of phenolic OH excluding ortho intramolecular Hbond substituents is 1. The highest BCUT2D eigenvalue weighted by atomic mass is 35.5. The van der Waals surface area contributed by atoms with Crippen LogP contribution in [0.3, 0.4) is 0 Å². The molecule has 2 aliphatic carbocycles. The molecular formula is C29H29ClN2O3S. The van der Waals surface area contributed by atoms with Crippen LogP contribution < -0.4 is 10.1 Å². The van der Waals surface area contributed by atoms with Crippen molar-refractivity contribution in [3.05, 3.63) is 71.8 Å². The Balaban J connectivity index is 0.000000140. The standard InChI is InChI=1S/C17H19NO3.C12H9NS.ClH/c1-18-7-6-17-10-3-5-13(20)16(17)21-15-12(19)4-2-9(14(15)17)8-11(10)18;1-3-7-11-9(5-1)13-10-6-2-4-8-12(10)14-11;/h2,4,10-11,16,19H,3,5-8H2,1H3;1-8,13H;1H/t10-,11+,16-,17-;;/m0../s1. The molecule has 2 bridgehead atoms. The molecule has 2 fully saturated rings. The summed E-state index contributed by atoms with van der Waals surface area (Å²) in [6.07, 6.45) is 3.18. The Bertz CT molecular complexity index is 1280. The van der Waals surface area contributed by atoms with E-state index in [4.69, 9.17) is 4.74 Å². The molecule has 3 aromatic carbocycles. The number of hydrogen-bond acceptors (Lipinski definition) is 6. The van der Waals surface area contributed by atoms with E-state index < -0.39 is 0 Å². The van der Waals surface area contributed by atoms with E-state index in [1.165, 1.54) is 26.7 Å². The fourth-order valence-corrected chi connectivity index (χ4v) is 8.09. The van der Waals surface area contributed by atoms with Gasteiger partial charge in [0.15, 0.2) is 23.4 Å². The molecule has 0 radical (unpaired) electrons. The molecule has 5 aliphatic rings. The van der Waals surface area contributed by atoms with Crippen LogP contribution in [0.5, 0.6) is 11.5 Å². The third kappa shape index (κ3) is 3.31. The number of carbonyl (C=O) groups is 1. The zero-order valence-electron chi connectivity index (χ0n) is 20.1. The van der Waals surface area contributed by atoms with Gasteiger partial charge < -0.3 is 20.1 Å². The molecule has 0 unspecified atom stereocenters. The third-order valence-corrected chi connectivity index (χ3v) is 9.80. The number of piperidine rings is 1. The zero-order chi connectivity index (χ0) is 23.7. The van der Waals surface area contributed by atoms with Gasteiger partial charge in [-0.05, 0) is 74.7 Å². The van der Waals surface area contributed by atoms with E-state index in [1.54, 1.807) is 6.07 Å². The number of hydrogen-bond donors (Lipinski definition) is 2. The average molecular weight is 521 g/mol. The molecule has 1 saturated heterocycles. The first kappa shape index (κ1) is 23.7. The number of nitrogens with zero attached hydrogens (tertiary/aromatic N) is 1. The van der Waals surface area contributed by atoms with Gasteiger partial charge in [0.2, 0.25) is 0 Å². The Morgan fingerprint density at radius 2 is 1.75 bits per heavy atom. The van der Waals surface area contributed by atoms with Gasteiger partial charge >= 0.3 is 0 Å². The minimum atomic E-state index is -0.366. The molecule has 3 aromatic rings. The Morgan fingerprint density at radius 3 is 2.47 bits per heavy atom. The van der Waals surface area contributed by atoms with Gasteiger partial charge in [-0.3, -0.25) is 4.79 Å². The Hall–Kier alpha value is -2.67. The summed E-state index contributed by atoms with van der Waals surface area (Å²) in [5.74, 6) is 1.50. The van der Waals surface area contributed by atoms with Crippen LogP contribution in [0.4, 0.5) is 11.4 Å². The van der Waals surface area contributed by atoms with Crippen molar-refractivity contribution in [3.63, 3.8) is 0 Å². The number of carbonyl (C=O) groups excluding carboxylic acids is 1. The van der Waals surface area contributed by atoms with Crippen LogP contribution in [0.25, 0.3) is 0 Å². The smallest absolute Gasteiger partial charge is 0.174 e. The lowest BCUT2D eigenvalue weighted by atomic mass is 9.52. The molecule has 2 N–H and O–H groups in total. The number of halogens is 1. The second-order valence-electron chi connectivity index (χ2n) is 10.3. The lowest BCUT2D eigenvalue weighted by Crippen LogP contribution is -2.65. The van der Waals surface area contributed by atoms with E-state index in [-0.39, 0.29) is 35.5 Å². The number of benzene rings is 3. The highest BCUT2D eigenvalue weighted by Crippen LogP contribution is 2.62. The van der Waals surface area contributed by atoms with E-state index in [0.29, 0.717) is 24.1 Å². The predicted molar refractivity (Wildman–Crippen MR) is 144 cm³/mol. The van der Waals surface area contributed by atoms with Crippen molar-refractivity contribution in [2.75, 3.05) is 18.9 Å². The van der Waals surface area contributed by atoms with Crippen molar-refractivity contribution >= 4 is 41.3 Å². The number of rotatable bonds is 0. The summed E-state index contributed by atoms with van der Waals surface area (Å²) < 4.78 is 6.04. The van der Waals surface area contributed by atoms with Gasteiger partial charge in [-0.2, -0.15) is 0 Å². The van der Waals surface area contributed by atoms with E-state index in [1.807, 2.05) is 17.8 Å². The molecule has 3 aliphatic heterocycles. The van der Waals surface area contributed by atoms with Crippen molar-refractivity contribution in [2.45, 2.75) is 53.0 Å². The van der Waals surface area contributed by atoms with Gasteiger partial charge in [0, 0.05) is 33.2 Å². The molecule has 0 aromatic heterocycles. The van der Waals surface area contributed by atoms with Crippen LogP contribution in [-0.2, 0) is 16.6 Å². The minimum Gasteiger partial charge on any atom is -0.504 e. The van der Waals surface area contributed by atoms with Crippen molar-refractivity contribution in [3.8, 4) is 11.5 Å². The number of ketones is 1. The van der Waals surface area contributed by atoms with Crippen LogP contribution >= 0.6 is 24.2 Å². The number of fused-ring (bicyclic) bond motifs is 2. The molecule has 8 rings (SSSR count). The van der Waals surface area contributed by atoms with Gasteiger partial charge in [0.1, 0.15) is 0 Å². The number of nitrogens with one attached hydrogen (secondary N) is 1. The summed E-state index contributed by atoms with van der Waals surface area (Å²) in [4.78, 5) is 17.5. The quantitative estimate of drug-likeness (QED) is 0.299. The summed E-state index contributed by atoms with van der Waals surface area (Å²) in [6, 6.07) is 21.0. The molecule has 1 spiro atoms. The van der Waals surface area contributed by atoms with Crippen LogP contribution in [0.15, 0.2) is 70.5 Å². The largest absolute Gasteiger partial charge is 0.504 e. The van der Waals surface area contributed by atoms with Crippen LogP contribution in [0.2, 0.25) is 0 Å². The van der Waals surface area contributed by atoms with E-state index in [0.717, 1.165) is 31.4 Å². The Labute approximate surface area is 221 Å². The topological polar surface area (TPSA) is 61.8 Å². The van der Waals surface area contributed by atoms with Crippen molar-refractivity contribution in [2.24, 2.45) is 5.92 Å². The lowest BCUT2D eigenvalue weighted by molar-refractivity contribution is -0.138. The molecule has 4 atom stereocenters. The van der Waals surface area contributed by atoms with Crippen molar-refractivity contribution in [1.82, 2.24) is 4.90 Å². The summed E-state index contributed by atoms with van der Waals surface area (Å²) in [5.41, 5.74) is 4.67. The molecule has 36 heavy (non-hydrogen) atoms. The normalized spacial score (nSPS) is 28.1. The van der Waals surface area contributed by atoms with Gasteiger partial charge in [-0.25, -0.2) is 0 Å². The Morgan fingerprint density at radius 1 is 1.06 bits per heavy atom. The summed E-state index contributed by atoms with van der Waals surface area (Å²) >= 11 is 1.82. The second kappa shape index (κ2) is 8.72. The van der Waals surface area contributed by atoms with Crippen LogP contribution in [0.1, 0.15) is 30.4 Å². The monoisotopic (exact) mass is 520 g/mol. The number of Topliss-reactive ketones (excluding diaryl/α,β-unsaturated/α-hetero) is 1. The molecule has 5 nitrogen and oxygen atoms in total. The average Bonchev–Trinajstić information content (AvgIpc) is 3.24. The summed E-state index contributed by atoms with van der Waals surface area (Å²) in [6.45, 7) is 1.00. The van der Waals surface area contributed by atoms with E-state index in [9.17, 15) is 9.90 Å². The van der Waals surface area contributed by atoms with Crippen LogP contribution in [0, 0.1) is 5.92 Å². The first-order valence-electron chi connectivity index (χ1n) is 12.4. The molecule has 7 heteroatoms. The third-order valence-electron chi connectivity index (χ3n) is 8.65. The van der Waals surface area contributed by atoms with Crippen molar-refractivity contribution in [1.29, 1.82) is 0 Å². The minimum absolute atomic E-state index is 0. The summed E-state index contributed by atoms with van der Waals surface area (Å²) in [7, 11) is 2.20. The number of aromatic hydroxyl groups is 1. The number of likely N-dealkylation sites (tertiary alicyclic amines) is 1. The maximum Gasteiger partial charge on any atom is 0.174 e. The molecule has 1 saturated carbocycles. The zero-order valence-corrected chi connectivity index (χ0v) is 21.7. The summed E-state index contributed by atoms with van der Waals surface area (Å²) in [5, 5.41) is 13.6. The highest BCUT2D eigenvalue weighted by Gasteiger charge is 2.65. The second-order valence-corrected chi connectivity index (χ2v) is 11.4. The van der Waals surface area contributed by atoms with Gasteiger partial charge in [0.25, 0.3) is 0 Å². The fourth-order valence-electron chi connectivity index (χ4n) is 7.10. The SMILES string of the molecule is CN1CC[C@]23c4c5ccc(O)c4O[C@H]2C(=O)CC[C@H]3[C@H]1C5.Cl.c1ccc2c(c1)Nc1ccccc1S2. The lowest BCUT2D eigenvalue weighted by Gasteiger charge is -2.57. The number of para-hydroxylation sites is 2.